The monoisotopic (exact) mass is 342 g/mol. The van der Waals surface area contributed by atoms with Crippen molar-refractivity contribution in [2.75, 3.05) is 6.54 Å². The summed E-state index contributed by atoms with van der Waals surface area (Å²) in [6.45, 7) is 6.22. The van der Waals surface area contributed by atoms with Crippen LogP contribution in [0.2, 0.25) is 0 Å². The highest BCUT2D eigenvalue weighted by Gasteiger charge is 2.25. The van der Waals surface area contributed by atoms with Gasteiger partial charge in [-0.3, -0.25) is 14.4 Å². The number of nitrogens with one attached hydrogen (secondary N) is 2. The minimum Gasteiger partial charge on any atom is -0.350 e. The molecule has 0 radical (unpaired) electrons. The van der Waals surface area contributed by atoms with Crippen LogP contribution in [0.3, 0.4) is 0 Å². The molecule has 2 aromatic rings. The normalized spacial score (nSPS) is 18.4. The van der Waals surface area contributed by atoms with E-state index in [1.807, 2.05) is 13.1 Å². The van der Waals surface area contributed by atoms with E-state index in [0.717, 1.165) is 62.7 Å². The second-order valence-electron chi connectivity index (χ2n) is 7.27. The van der Waals surface area contributed by atoms with Crippen molar-refractivity contribution in [1.29, 1.82) is 0 Å². The molecule has 2 N–H and O–H groups in total. The lowest BCUT2D eigenvalue weighted by atomic mass is 9.85. The first-order chi connectivity index (χ1) is 12.2. The number of aryl methyl sites for hydroxylation is 2. The number of carbonyl (C=O) groups is 1. The molecule has 1 aliphatic heterocycles. The van der Waals surface area contributed by atoms with Crippen molar-refractivity contribution in [3.05, 3.63) is 35.2 Å². The Hall–Kier alpha value is -2.15. The van der Waals surface area contributed by atoms with Gasteiger partial charge in [-0.05, 0) is 32.3 Å². The summed E-state index contributed by atoms with van der Waals surface area (Å²) in [6.07, 6.45) is 6.20. The molecule has 1 saturated carbocycles. The number of H-pyrrole nitrogens is 1. The van der Waals surface area contributed by atoms with Crippen molar-refractivity contribution in [2.45, 2.75) is 58.8 Å². The van der Waals surface area contributed by atoms with Crippen molar-refractivity contribution >= 4 is 5.91 Å². The van der Waals surface area contributed by atoms with E-state index in [2.05, 4.69) is 36.0 Å². The van der Waals surface area contributed by atoms with Crippen molar-refractivity contribution in [1.82, 2.24) is 30.0 Å². The van der Waals surface area contributed by atoms with Crippen molar-refractivity contribution in [3.63, 3.8) is 0 Å². The zero-order valence-electron chi connectivity index (χ0n) is 14.8. The van der Waals surface area contributed by atoms with Gasteiger partial charge in [0, 0.05) is 37.4 Å². The molecule has 0 unspecified atom stereocenters. The van der Waals surface area contributed by atoms with Crippen molar-refractivity contribution in [2.24, 2.45) is 5.92 Å². The number of aromatic nitrogens is 4. The molecule has 4 rings (SSSR count). The van der Waals surface area contributed by atoms with Gasteiger partial charge in [0.05, 0.1) is 24.5 Å². The summed E-state index contributed by atoms with van der Waals surface area (Å²) < 4.78 is 2.10. The molecule has 1 aliphatic carbocycles. The maximum absolute atomic E-state index is 12.0. The minimum absolute atomic E-state index is 0.184. The third-order valence-electron chi connectivity index (χ3n) is 5.19. The lowest BCUT2D eigenvalue weighted by Gasteiger charge is -2.23. The molecular weight excluding hydrogens is 316 g/mol. The van der Waals surface area contributed by atoms with E-state index in [1.54, 1.807) is 0 Å². The fourth-order valence-corrected chi connectivity index (χ4v) is 3.56. The molecule has 1 amide bonds. The van der Waals surface area contributed by atoms with Crippen LogP contribution in [0.5, 0.6) is 0 Å². The maximum atomic E-state index is 12.0. The average molecular weight is 342 g/mol. The van der Waals surface area contributed by atoms with Crippen LogP contribution in [0.4, 0.5) is 0 Å². The summed E-state index contributed by atoms with van der Waals surface area (Å²) in [4.78, 5) is 22.1. The van der Waals surface area contributed by atoms with Gasteiger partial charge in [0.25, 0.3) is 0 Å². The Kier molecular flexibility index (Phi) is 4.57. The zero-order valence-corrected chi connectivity index (χ0v) is 14.8. The van der Waals surface area contributed by atoms with Gasteiger partial charge in [-0.1, -0.05) is 6.42 Å². The number of fused-ring (bicyclic) bond motifs is 1. The standard InChI is InChI=1S/C18H26N6O/c1-13-9-19-17(21-13)12-23-6-3-7-24-16(11-23)8-15(22-24)10-20-18(25)14-4-2-5-14/h8-9,14H,2-7,10-12H2,1H3,(H,19,21)(H,20,25). The summed E-state index contributed by atoms with van der Waals surface area (Å²) in [7, 11) is 0. The molecule has 0 atom stereocenters. The molecule has 2 aliphatic rings. The summed E-state index contributed by atoms with van der Waals surface area (Å²) >= 11 is 0. The minimum atomic E-state index is 0.184. The molecule has 2 aromatic heterocycles. The third kappa shape index (κ3) is 3.76. The Labute approximate surface area is 147 Å². The van der Waals surface area contributed by atoms with E-state index >= 15 is 0 Å². The highest BCUT2D eigenvalue weighted by atomic mass is 16.1. The molecule has 0 saturated heterocycles. The Morgan fingerprint density at radius 2 is 2.24 bits per heavy atom. The number of imidazole rings is 1. The van der Waals surface area contributed by atoms with Crippen LogP contribution >= 0.6 is 0 Å². The van der Waals surface area contributed by atoms with Crippen LogP contribution in [-0.4, -0.2) is 37.1 Å². The van der Waals surface area contributed by atoms with Crippen LogP contribution in [-0.2, 0) is 31.0 Å². The van der Waals surface area contributed by atoms with Gasteiger partial charge < -0.3 is 10.3 Å². The molecule has 0 aromatic carbocycles. The van der Waals surface area contributed by atoms with Gasteiger partial charge in [-0.25, -0.2) is 4.98 Å². The lowest BCUT2D eigenvalue weighted by Crippen LogP contribution is -2.34. The number of hydrogen-bond acceptors (Lipinski definition) is 4. The van der Waals surface area contributed by atoms with E-state index < -0.39 is 0 Å². The molecule has 1 fully saturated rings. The highest BCUT2D eigenvalue weighted by Crippen LogP contribution is 2.26. The van der Waals surface area contributed by atoms with E-state index in [4.69, 9.17) is 0 Å². The second kappa shape index (κ2) is 7.00. The van der Waals surface area contributed by atoms with Crippen LogP contribution in [0.15, 0.2) is 12.3 Å². The van der Waals surface area contributed by atoms with Crippen LogP contribution in [0.25, 0.3) is 0 Å². The first kappa shape index (κ1) is 16.3. The molecule has 3 heterocycles. The topological polar surface area (TPSA) is 78.8 Å². The Morgan fingerprint density at radius 1 is 1.36 bits per heavy atom. The number of nitrogens with zero attached hydrogens (tertiary/aromatic N) is 4. The Morgan fingerprint density at radius 3 is 2.96 bits per heavy atom. The predicted molar refractivity (Wildman–Crippen MR) is 93.5 cm³/mol. The SMILES string of the molecule is Cc1cnc(CN2CCCn3nc(CNC(=O)C4CCC4)cc3C2)[nH]1. The first-order valence-corrected chi connectivity index (χ1v) is 9.23. The molecule has 7 nitrogen and oxygen atoms in total. The number of amides is 1. The number of hydrogen-bond donors (Lipinski definition) is 2. The highest BCUT2D eigenvalue weighted by molar-refractivity contribution is 5.79. The molecular formula is C18H26N6O. The van der Waals surface area contributed by atoms with E-state index in [-0.39, 0.29) is 11.8 Å². The second-order valence-corrected chi connectivity index (χ2v) is 7.27. The Balaban J connectivity index is 1.37. The summed E-state index contributed by atoms with van der Waals surface area (Å²) in [5, 5.41) is 7.72. The number of aromatic amines is 1. The molecule has 0 bridgehead atoms. The molecule has 25 heavy (non-hydrogen) atoms. The van der Waals surface area contributed by atoms with Crippen molar-refractivity contribution in [3.8, 4) is 0 Å². The fraction of sp³-hybridized carbons (Fsp3) is 0.611. The number of carbonyl (C=O) groups excluding carboxylic acids is 1. The largest absolute Gasteiger partial charge is 0.350 e. The van der Waals surface area contributed by atoms with Gasteiger partial charge >= 0.3 is 0 Å². The predicted octanol–water partition coefficient (Wildman–Crippen LogP) is 1.74. The van der Waals surface area contributed by atoms with Crippen LogP contribution in [0, 0.1) is 12.8 Å². The fourth-order valence-electron chi connectivity index (χ4n) is 3.56. The van der Waals surface area contributed by atoms with E-state index in [0.29, 0.717) is 6.54 Å². The third-order valence-corrected chi connectivity index (χ3v) is 5.19. The summed E-state index contributed by atoms with van der Waals surface area (Å²) in [5.41, 5.74) is 3.27. The smallest absolute Gasteiger partial charge is 0.223 e. The Bertz CT molecular complexity index is 745. The average Bonchev–Trinajstić information content (AvgIpc) is 3.05. The van der Waals surface area contributed by atoms with Gasteiger partial charge in [0.1, 0.15) is 5.82 Å². The molecule has 0 spiro atoms. The summed E-state index contributed by atoms with van der Waals surface area (Å²) in [6, 6.07) is 2.13. The lowest BCUT2D eigenvalue weighted by molar-refractivity contribution is -0.127. The van der Waals surface area contributed by atoms with E-state index in [1.165, 1.54) is 12.1 Å². The van der Waals surface area contributed by atoms with Gasteiger partial charge in [-0.2, -0.15) is 5.10 Å². The first-order valence-electron chi connectivity index (χ1n) is 9.23. The van der Waals surface area contributed by atoms with Crippen molar-refractivity contribution < 1.29 is 4.79 Å². The molecule has 134 valence electrons. The van der Waals surface area contributed by atoms with Gasteiger partial charge in [-0.15, -0.1) is 0 Å². The quantitative estimate of drug-likeness (QED) is 0.867. The zero-order chi connectivity index (χ0) is 17.2. The van der Waals surface area contributed by atoms with Gasteiger partial charge in [0.2, 0.25) is 5.91 Å². The number of rotatable bonds is 5. The molecule has 7 heteroatoms. The summed E-state index contributed by atoms with van der Waals surface area (Å²) in [5.74, 6) is 1.43. The van der Waals surface area contributed by atoms with E-state index in [9.17, 15) is 4.79 Å². The maximum Gasteiger partial charge on any atom is 0.223 e. The van der Waals surface area contributed by atoms with Crippen LogP contribution in [0.1, 0.15) is 48.6 Å². The van der Waals surface area contributed by atoms with Crippen LogP contribution < -0.4 is 5.32 Å². The van der Waals surface area contributed by atoms with Gasteiger partial charge in [0.15, 0.2) is 0 Å².